The SMILES string of the molecule is O=C(Cn1c2ccccc2c(=O)c2ccccc21)NN=C(c1ccccc1)c1ccccc1. The smallest absolute Gasteiger partial charge is 0.260 e. The summed E-state index contributed by atoms with van der Waals surface area (Å²) in [5, 5.41) is 5.65. The van der Waals surface area contributed by atoms with Gasteiger partial charge < -0.3 is 4.57 Å². The molecule has 5 heteroatoms. The molecule has 0 bridgehead atoms. The molecule has 33 heavy (non-hydrogen) atoms. The summed E-state index contributed by atoms with van der Waals surface area (Å²) in [6.07, 6.45) is 0. The second-order valence-corrected chi connectivity index (χ2v) is 7.68. The lowest BCUT2D eigenvalue weighted by Crippen LogP contribution is -2.26. The van der Waals surface area contributed by atoms with Crippen LogP contribution in [0.3, 0.4) is 0 Å². The summed E-state index contributed by atoms with van der Waals surface area (Å²) < 4.78 is 1.86. The van der Waals surface area contributed by atoms with Crippen LogP contribution in [0.4, 0.5) is 0 Å². The Hall–Kier alpha value is -4.51. The molecule has 160 valence electrons. The third-order valence-electron chi connectivity index (χ3n) is 5.57. The van der Waals surface area contributed by atoms with Gasteiger partial charge in [-0.05, 0) is 24.3 Å². The molecule has 1 heterocycles. The Morgan fingerprint density at radius 3 is 1.64 bits per heavy atom. The molecule has 0 aliphatic heterocycles. The van der Waals surface area contributed by atoms with Crippen LogP contribution in [-0.4, -0.2) is 16.2 Å². The molecule has 5 aromatic rings. The van der Waals surface area contributed by atoms with Crippen LogP contribution >= 0.6 is 0 Å². The Morgan fingerprint density at radius 2 is 1.12 bits per heavy atom. The van der Waals surface area contributed by atoms with Gasteiger partial charge in [0.2, 0.25) is 0 Å². The van der Waals surface area contributed by atoms with Crippen molar-refractivity contribution >= 4 is 33.4 Å². The van der Waals surface area contributed by atoms with Gasteiger partial charge in [0, 0.05) is 21.9 Å². The molecule has 0 unspecified atom stereocenters. The lowest BCUT2D eigenvalue weighted by atomic mass is 10.0. The van der Waals surface area contributed by atoms with E-state index in [1.807, 2.05) is 102 Å². The van der Waals surface area contributed by atoms with E-state index in [1.54, 1.807) is 12.1 Å². The summed E-state index contributed by atoms with van der Waals surface area (Å²) in [4.78, 5) is 26.0. The first-order valence-corrected chi connectivity index (χ1v) is 10.7. The molecular weight excluding hydrogens is 410 g/mol. The first-order valence-electron chi connectivity index (χ1n) is 10.7. The van der Waals surface area contributed by atoms with Gasteiger partial charge in [0.05, 0.1) is 16.7 Å². The standard InChI is InChI=1S/C28H21N3O2/c32-26(29-30-27(20-11-3-1-4-12-20)21-13-5-2-6-14-21)19-31-24-17-9-7-15-22(24)28(33)23-16-8-10-18-25(23)31/h1-18H,19H2,(H,29,32). The minimum absolute atomic E-state index is 0.0294. The van der Waals surface area contributed by atoms with E-state index in [1.165, 1.54) is 0 Å². The molecule has 1 aromatic heterocycles. The maximum atomic E-state index is 13.0. The molecule has 0 aliphatic carbocycles. The molecule has 1 N–H and O–H groups in total. The Kier molecular flexibility index (Phi) is 5.52. The van der Waals surface area contributed by atoms with Gasteiger partial charge >= 0.3 is 0 Å². The van der Waals surface area contributed by atoms with Crippen molar-refractivity contribution in [2.75, 3.05) is 0 Å². The molecule has 0 atom stereocenters. The van der Waals surface area contributed by atoms with Gasteiger partial charge in [-0.15, -0.1) is 0 Å². The number of rotatable bonds is 5. The highest BCUT2D eigenvalue weighted by Gasteiger charge is 2.13. The summed E-state index contributed by atoms with van der Waals surface area (Å²) in [6.45, 7) is 0.0294. The number of benzene rings is 4. The van der Waals surface area contributed by atoms with Crippen molar-refractivity contribution in [3.63, 3.8) is 0 Å². The van der Waals surface area contributed by atoms with Crippen LogP contribution in [0.25, 0.3) is 21.8 Å². The van der Waals surface area contributed by atoms with E-state index < -0.39 is 0 Å². The highest BCUT2D eigenvalue weighted by Crippen LogP contribution is 2.19. The highest BCUT2D eigenvalue weighted by molar-refractivity contribution is 6.13. The van der Waals surface area contributed by atoms with Crippen molar-refractivity contribution in [2.24, 2.45) is 5.10 Å². The summed E-state index contributed by atoms with van der Waals surface area (Å²) in [6, 6.07) is 34.2. The fourth-order valence-corrected chi connectivity index (χ4v) is 4.03. The first-order chi connectivity index (χ1) is 16.2. The molecule has 5 nitrogen and oxygen atoms in total. The maximum Gasteiger partial charge on any atom is 0.260 e. The number of carbonyl (C=O) groups is 1. The van der Waals surface area contributed by atoms with Gasteiger partial charge in [-0.3, -0.25) is 9.59 Å². The molecule has 0 saturated carbocycles. The average molecular weight is 431 g/mol. The van der Waals surface area contributed by atoms with Crippen LogP contribution in [0.2, 0.25) is 0 Å². The number of pyridine rings is 1. The minimum atomic E-state index is -0.279. The van der Waals surface area contributed by atoms with E-state index in [2.05, 4.69) is 10.5 Å². The lowest BCUT2D eigenvalue weighted by molar-refractivity contribution is -0.121. The quantitative estimate of drug-likeness (QED) is 0.249. The number of hydrogen-bond acceptors (Lipinski definition) is 3. The highest BCUT2D eigenvalue weighted by atomic mass is 16.2. The van der Waals surface area contributed by atoms with Gasteiger partial charge in [0.15, 0.2) is 5.43 Å². The Labute approximate surface area is 190 Å². The third-order valence-corrected chi connectivity index (χ3v) is 5.57. The van der Waals surface area contributed by atoms with Crippen molar-refractivity contribution in [1.82, 2.24) is 9.99 Å². The molecule has 0 fully saturated rings. The molecule has 1 amide bonds. The lowest BCUT2D eigenvalue weighted by Gasteiger charge is -2.14. The topological polar surface area (TPSA) is 63.5 Å². The molecule has 5 rings (SSSR count). The summed E-state index contributed by atoms with van der Waals surface area (Å²) in [7, 11) is 0. The van der Waals surface area contributed by atoms with Crippen LogP contribution in [0.1, 0.15) is 11.1 Å². The molecule has 0 saturated heterocycles. The molecule has 0 radical (unpaired) electrons. The summed E-state index contributed by atoms with van der Waals surface area (Å²) in [5.74, 6) is -0.279. The normalized spacial score (nSPS) is 10.8. The van der Waals surface area contributed by atoms with Gasteiger partial charge in [-0.1, -0.05) is 84.9 Å². The number of carbonyl (C=O) groups excluding carboxylic acids is 1. The fourth-order valence-electron chi connectivity index (χ4n) is 4.03. The zero-order chi connectivity index (χ0) is 22.6. The van der Waals surface area contributed by atoms with E-state index in [0.717, 1.165) is 11.1 Å². The van der Waals surface area contributed by atoms with E-state index in [0.29, 0.717) is 27.5 Å². The molecule has 0 spiro atoms. The maximum absolute atomic E-state index is 13.0. The fraction of sp³-hybridized carbons (Fsp3) is 0.0357. The number of aromatic nitrogens is 1. The van der Waals surface area contributed by atoms with Gasteiger partial charge in [-0.25, -0.2) is 5.43 Å². The Bertz CT molecular complexity index is 1440. The van der Waals surface area contributed by atoms with E-state index in [-0.39, 0.29) is 17.9 Å². The van der Waals surface area contributed by atoms with Crippen molar-refractivity contribution in [1.29, 1.82) is 0 Å². The number of hydrogen-bond donors (Lipinski definition) is 1. The number of nitrogens with zero attached hydrogens (tertiary/aromatic N) is 2. The van der Waals surface area contributed by atoms with Gasteiger partial charge in [-0.2, -0.15) is 5.10 Å². The predicted octanol–water partition coefficient (Wildman–Crippen LogP) is 4.72. The second kappa shape index (κ2) is 8.93. The van der Waals surface area contributed by atoms with Crippen LogP contribution in [0, 0.1) is 0 Å². The third kappa shape index (κ3) is 4.04. The summed E-state index contributed by atoms with van der Waals surface area (Å²) >= 11 is 0. The zero-order valence-electron chi connectivity index (χ0n) is 17.8. The zero-order valence-corrected chi connectivity index (χ0v) is 17.8. The average Bonchev–Trinajstić information content (AvgIpc) is 2.88. The predicted molar refractivity (Wildman–Crippen MR) is 132 cm³/mol. The Balaban J connectivity index is 1.53. The van der Waals surface area contributed by atoms with Crippen LogP contribution in [0.15, 0.2) is 119 Å². The minimum Gasteiger partial charge on any atom is -0.331 e. The number of hydrazone groups is 1. The number of para-hydroxylation sites is 2. The van der Waals surface area contributed by atoms with Crippen molar-refractivity contribution < 1.29 is 4.79 Å². The van der Waals surface area contributed by atoms with Gasteiger partial charge in [0.25, 0.3) is 5.91 Å². The van der Waals surface area contributed by atoms with Crippen LogP contribution in [0.5, 0.6) is 0 Å². The Morgan fingerprint density at radius 1 is 0.667 bits per heavy atom. The van der Waals surface area contributed by atoms with Crippen LogP contribution < -0.4 is 10.9 Å². The number of fused-ring (bicyclic) bond motifs is 2. The second-order valence-electron chi connectivity index (χ2n) is 7.68. The summed E-state index contributed by atoms with van der Waals surface area (Å²) in [5.41, 5.74) is 6.61. The molecule has 0 aliphatic rings. The molecule has 4 aromatic carbocycles. The van der Waals surface area contributed by atoms with E-state index in [9.17, 15) is 9.59 Å². The van der Waals surface area contributed by atoms with Crippen molar-refractivity contribution in [3.8, 4) is 0 Å². The van der Waals surface area contributed by atoms with E-state index in [4.69, 9.17) is 0 Å². The van der Waals surface area contributed by atoms with E-state index >= 15 is 0 Å². The number of amides is 1. The first kappa shape index (κ1) is 20.4. The monoisotopic (exact) mass is 431 g/mol. The number of nitrogens with one attached hydrogen (secondary N) is 1. The van der Waals surface area contributed by atoms with Gasteiger partial charge in [0.1, 0.15) is 6.54 Å². The van der Waals surface area contributed by atoms with Crippen molar-refractivity contribution in [3.05, 3.63) is 131 Å². The largest absolute Gasteiger partial charge is 0.331 e. The van der Waals surface area contributed by atoms with Crippen molar-refractivity contribution in [2.45, 2.75) is 6.54 Å². The molecular formula is C28H21N3O2. The van der Waals surface area contributed by atoms with Crippen LogP contribution in [-0.2, 0) is 11.3 Å².